The molecule has 20 heteroatoms. The standard InChI is InChI=1S/2C19H21N3O.C6H12O6.C4H6O6/c2*1-13-5-8-15(9-6-13)19-16(11-18(23)21(3)4)22-12-14(2)7-10-17(22)20-19;7-1-3(9)5(11)6(12)4(10)2-8;5-1(3(7)8)2(6)4(9)10/h2*5-10,12H,11H2,1-4H3;1,3-6,8-12H,2H2;1-2,5-6H,(H,7,8)(H,9,10)/t;;3-,4+,5+,6+;/m..0./s1. The second-order valence-corrected chi connectivity index (χ2v) is 16.3. The number of fused-ring (bicyclic) bond motifs is 2. The third-order valence-corrected chi connectivity index (χ3v) is 10.2. The summed E-state index contributed by atoms with van der Waals surface area (Å²) >= 11 is 0. The van der Waals surface area contributed by atoms with Crippen molar-refractivity contribution >= 4 is 41.3 Å². The number of amides is 2. The third kappa shape index (κ3) is 15.1. The first kappa shape index (κ1) is 55.4. The van der Waals surface area contributed by atoms with Crippen molar-refractivity contribution in [3.63, 3.8) is 0 Å². The molecule has 0 fully saturated rings. The highest BCUT2D eigenvalue weighted by Crippen LogP contribution is 2.28. The molecular formula is C48H60N6O14. The van der Waals surface area contributed by atoms with Gasteiger partial charge in [-0.3, -0.25) is 9.59 Å². The number of aliphatic hydroxyl groups is 7. The van der Waals surface area contributed by atoms with Gasteiger partial charge in [0.15, 0.2) is 18.5 Å². The van der Waals surface area contributed by atoms with E-state index in [2.05, 4.69) is 62.4 Å². The molecule has 4 aromatic heterocycles. The van der Waals surface area contributed by atoms with E-state index >= 15 is 0 Å². The lowest BCUT2D eigenvalue weighted by Crippen LogP contribution is -2.46. The van der Waals surface area contributed by atoms with Crippen molar-refractivity contribution in [3.05, 3.63) is 119 Å². The fourth-order valence-corrected chi connectivity index (χ4v) is 6.11. The number of rotatable bonds is 14. The Bertz CT molecular complexity index is 2480. The maximum Gasteiger partial charge on any atom is 0.335 e. The molecule has 2 aromatic carbocycles. The first-order valence-electron chi connectivity index (χ1n) is 21.0. The number of nitrogens with zero attached hydrogens (tertiary/aromatic N) is 6. The van der Waals surface area contributed by atoms with Gasteiger partial charge in [0.25, 0.3) is 0 Å². The van der Waals surface area contributed by atoms with Gasteiger partial charge in [-0.25, -0.2) is 19.6 Å². The topological polar surface area (TPSA) is 308 Å². The zero-order valence-electron chi connectivity index (χ0n) is 39.0. The van der Waals surface area contributed by atoms with Crippen LogP contribution in [0, 0.1) is 27.7 Å². The zero-order valence-corrected chi connectivity index (χ0v) is 39.0. The monoisotopic (exact) mass is 944 g/mol. The molecule has 0 saturated heterocycles. The molecule has 2 unspecified atom stereocenters. The predicted molar refractivity (Wildman–Crippen MR) is 249 cm³/mol. The van der Waals surface area contributed by atoms with Crippen LogP contribution in [0.1, 0.15) is 33.6 Å². The molecule has 2 amide bonds. The molecule has 6 rings (SSSR count). The number of aliphatic hydroxyl groups excluding tert-OH is 7. The summed E-state index contributed by atoms with van der Waals surface area (Å²) in [5.74, 6) is -3.40. The van der Waals surface area contributed by atoms with Crippen molar-refractivity contribution in [2.45, 2.75) is 77.2 Å². The van der Waals surface area contributed by atoms with Gasteiger partial charge in [-0.1, -0.05) is 71.8 Å². The lowest BCUT2D eigenvalue weighted by molar-refractivity contribution is -0.165. The molecule has 6 atom stereocenters. The van der Waals surface area contributed by atoms with Gasteiger partial charge in [0.05, 0.1) is 42.2 Å². The lowest BCUT2D eigenvalue weighted by atomic mass is 10.0. The predicted octanol–water partition coefficient (Wildman–Crippen LogP) is 0.996. The van der Waals surface area contributed by atoms with Crippen LogP contribution in [-0.4, -0.2) is 176 Å². The Kier molecular flexibility index (Phi) is 20.6. The SMILES string of the molecule is Cc1ccc(-c2nc3ccc(C)cn3c2CC(=O)N(C)C)cc1.Cc1ccc(-c2nc3ccc(C)cn3c2CC(=O)N(C)C)cc1.O=C(O)C(O)C(O)C(=O)O.O=C[C@H](O)[C@@H](O)[C@H](O)[C@H](O)CO. The number of aromatic nitrogens is 4. The van der Waals surface area contributed by atoms with Crippen molar-refractivity contribution in [2.24, 2.45) is 0 Å². The van der Waals surface area contributed by atoms with Crippen LogP contribution in [0.4, 0.5) is 0 Å². The summed E-state index contributed by atoms with van der Waals surface area (Å²) in [5.41, 5.74) is 12.2. The van der Waals surface area contributed by atoms with Crippen LogP contribution in [0.25, 0.3) is 33.8 Å². The number of hydrogen-bond donors (Lipinski definition) is 9. The van der Waals surface area contributed by atoms with E-state index in [0.717, 1.165) is 56.3 Å². The first-order valence-corrected chi connectivity index (χ1v) is 21.0. The Morgan fingerprint density at radius 1 is 0.559 bits per heavy atom. The number of likely N-dealkylation sites (N-methyl/N-ethyl adjacent to an activating group) is 2. The number of aryl methyl sites for hydroxylation is 4. The summed E-state index contributed by atoms with van der Waals surface area (Å²) in [7, 11) is 7.12. The number of hydrogen-bond acceptors (Lipinski definition) is 14. The molecule has 0 radical (unpaired) electrons. The number of benzene rings is 2. The summed E-state index contributed by atoms with van der Waals surface area (Å²) in [5, 5.41) is 76.1. The summed E-state index contributed by atoms with van der Waals surface area (Å²) in [6, 6.07) is 24.6. The number of pyridine rings is 2. The zero-order chi connectivity index (χ0) is 51.2. The van der Waals surface area contributed by atoms with Gasteiger partial charge < -0.3 is 69.4 Å². The molecule has 0 saturated carbocycles. The number of carbonyl (C=O) groups is 5. The smallest absolute Gasteiger partial charge is 0.335 e. The second-order valence-electron chi connectivity index (χ2n) is 16.3. The lowest BCUT2D eigenvalue weighted by Gasteiger charge is -2.22. The molecule has 0 spiro atoms. The molecule has 20 nitrogen and oxygen atoms in total. The Morgan fingerprint density at radius 3 is 1.19 bits per heavy atom. The number of carboxylic acid groups (broad SMARTS) is 2. The molecule has 0 aliphatic carbocycles. The largest absolute Gasteiger partial charge is 0.479 e. The summed E-state index contributed by atoms with van der Waals surface area (Å²) in [4.78, 5) is 66.7. The van der Waals surface area contributed by atoms with E-state index < -0.39 is 55.2 Å². The fraction of sp³-hybridized carbons (Fsp3) is 0.354. The number of carboxylic acids is 2. The Morgan fingerprint density at radius 2 is 0.897 bits per heavy atom. The van der Waals surface area contributed by atoms with Crippen LogP contribution in [0.3, 0.4) is 0 Å². The fourth-order valence-electron chi connectivity index (χ4n) is 6.11. The number of carbonyl (C=O) groups excluding carboxylic acids is 3. The number of imidazole rings is 2. The van der Waals surface area contributed by atoms with Gasteiger partial charge in [0.1, 0.15) is 35.7 Å². The van der Waals surface area contributed by atoms with Gasteiger partial charge in [-0.2, -0.15) is 0 Å². The van der Waals surface area contributed by atoms with Crippen LogP contribution in [0.5, 0.6) is 0 Å². The Labute approximate surface area is 392 Å². The van der Waals surface area contributed by atoms with Crippen molar-refractivity contribution in [3.8, 4) is 22.5 Å². The van der Waals surface area contributed by atoms with Crippen molar-refractivity contribution in [2.75, 3.05) is 34.8 Å². The molecular weight excluding hydrogens is 885 g/mol. The quantitative estimate of drug-likeness (QED) is 0.0688. The Hall–Kier alpha value is -6.91. The minimum atomic E-state index is -2.27. The average Bonchev–Trinajstić information content (AvgIpc) is 3.84. The molecule has 68 heavy (non-hydrogen) atoms. The molecule has 4 heterocycles. The van der Waals surface area contributed by atoms with E-state index in [-0.39, 0.29) is 18.1 Å². The minimum absolute atomic E-state index is 0.0258. The summed E-state index contributed by atoms with van der Waals surface area (Å²) in [6.07, 6.45) is -6.62. The van der Waals surface area contributed by atoms with Crippen LogP contribution in [0.2, 0.25) is 0 Å². The van der Waals surface area contributed by atoms with E-state index in [4.69, 9.17) is 55.9 Å². The summed E-state index contributed by atoms with van der Waals surface area (Å²) < 4.78 is 4.07. The van der Waals surface area contributed by atoms with Crippen LogP contribution in [0.15, 0.2) is 85.2 Å². The molecule has 366 valence electrons. The van der Waals surface area contributed by atoms with Gasteiger partial charge in [0.2, 0.25) is 11.8 Å². The van der Waals surface area contributed by atoms with Crippen molar-refractivity contribution < 1.29 is 69.9 Å². The van der Waals surface area contributed by atoms with Gasteiger partial charge >= 0.3 is 11.9 Å². The highest BCUT2D eigenvalue weighted by atomic mass is 16.4. The molecule has 0 aliphatic heterocycles. The Balaban J connectivity index is 0.000000256. The van der Waals surface area contributed by atoms with Crippen molar-refractivity contribution in [1.82, 2.24) is 28.6 Å². The minimum Gasteiger partial charge on any atom is -0.479 e. The van der Waals surface area contributed by atoms with E-state index in [0.29, 0.717) is 12.8 Å². The molecule has 6 aromatic rings. The van der Waals surface area contributed by atoms with Gasteiger partial charge in [-0.05, 0) is 51.0 Å². The van der Waals surface area contributed by atoms with Gasteiger partial charge in [0, 0.05) is 51.7 Å². The van der Waals surface area contributed by atoms with Crippen LogP contribution >= 0.6 is 0 Å². The normalized spacial score (nSPS) is 13.5. The highest BCUT2D eigenvalue weighted by Gasteiger charge is 2.30. The molecule has 0 bridgehead atoms. The van der Waals surface area contributed by atoms with Crippen molar-refractivity contribution in [1.29, 1.82) is 0 Å². The van der Waals surface area contributed by atoms with E-state index in [9.17, 15) is 24.0 Å². The van der Waals surface area contributed by atoms with Crippen LogP contribution < -0.4 is 0 Å². The maximum atomic E-state index is 12.3. The van der Waals surface area contributed by atoms with E-state index in [1.54, 1.807) is 38.0 Å². The number of aldehydes is 1. The van der Waals surface area contributed by atoms with E-state index in [1.165, 1.54) is 11.1 Å². The van der Waals surface area contributed by atoms with Crippen LogP contribution in [-0.2, 0) is 36.8 Å². The molecule has 9 N–H and O–H groups in total. The molecule has 0 aliphatic rings. The maximum absolute atomic E-state index is 12.3. The third-order valence-electron chi connectivity index (χ3n) is 10.2. The highest BCUT2D eigenvalue weighted by molar-refractivity contribution is 5.83. The average molecular weight is 945 g/mol. The second kappa shape index (κ2) is 25.3. The van der Waals surface area contributed by atoms with Gasteiger partial charge in [-0.15, -0.1) is 0 Å². The van der Waals surface area contributed by atoms with E-state index in [1.807, 2.05) is 59.3 Å². The first-order chi connectivity index (χ1) is 31.9. The summed E-state index contributed by atoms with van der Waals surface area (Å²) in [6.45, 7) is 7.45. The number of aliphatic carboxylic acids is 2.